The molecule has 0 radical (unpaired) electrons. The highest BCUT2D eigenvalue weighted by molar-refractivity contribution is 7.91. The van der Waals surface area contributed by atoms with Crippen molar-refractivity contribution in [2.24, 2.45) is 5.92 Å². The van der Waals surface area contributed by atoms with E-state index < -0.39 is 40.1 Å². The first-order valence-electron chi connectivity index (χ1n) is 13.8. The average molecular weight is 610 g/mol. The van der Waals surface area contributed by atoms with Gasteiger partial charge in [0.25, 0.3) is 0 Å². The molecule has 4 rings (SSSR count). The van der Waals surface area contributed by atoms with Gasteiger partial charge in [0.1, 0.15) is 28.7 Å². The van der Waals surface area contributed by atoms with Crippen LogP contribution in [0.1, 0.15) is 58.6 Å². The molecule has 1 amide bonds. The summed E-state index contributed by atoms with van der Waals surface area (Å²) in [6.07, 6.45) is -2.61. The van der Waals surface area contributed by atoms with Gasteiger partial charge in [-0.25, -0.2) is 4.79 Å². The summed E-state index contributed by atoms with van der Waals surface area (Å²) in [4.78, 5) is 23.6. The number of carbonyl (C=O) groups is 1. The minimum absolute atomic E-state index is 0.0103. The van der Waals surface area contributed by atoms with Crippen LogP contribution in [0.5, 0.6) is 0 Å². The van der Waals surface area contributed by atoms with Crippen molar-refractivity contribution in [1.29, 1.82) is 5.41 Å². The number of alkyl carbamates (subject to hydrolysis) is 1. The van der Waals surface area contributed by atoms with Crippen LogP contribution in [-0.4, -0.2) is 68.6 Å². The molecular formula is C28H38F3N7O3S. The van der Waals surface area contributed by atoms with E-state index in [4.69, 9.17) is 15.1 Å². The normalized spacial score (nSPS) is 20.0. The molecule has 4 N–H and O–H groups in total. The smallest absolute Gasteiger partial charge is 0.416 e. The Morgan fingerprint density at radius 3 is 2.40 bits per heavy atom. The summed E-state index contributed by atoms with van der Waals surface area (Å²) < 4.78 is 57.3. The number of alkyl halides is 3. The number of ether oxygens (including phenoxy) is 1. The first-order chi connectivity index (χ1) is 19.5. The molecule has 2 aromatic rings. The highest BCUT2D eigenvalue weighted by atomic mass is 32.2. The van der Waals surface area contributed by atoms with Crippen LogP contribution in [0.25, 0.3) is 0 Å². The van der Waals surface area contributed by atoms with Crippen molar-refractivity contribution in [3.63, 3.8) is 0 Å². The van der Waals surface area contributed by atoms with E-state index in [0.29, 0.717) is 48.8 Å². The molecule has 230 valence electrons. The number of amides is 1. The van der Waals surface area contributed by atoms with Crippen LogP contribution in [-0.2, 0) is 22.1 Å². The van der Waals surface area contributed by atoms with Gasteiger partial charge in [0, 0.05) is 55.3 Å². The van der Waals surface area contributed by atoms with Crippen molar-refractivity contribution < 1.29 is 27.3 Å². The number of carbonyl (C=O) groups excluding carboxylic acids is 1. The summed E-state index contributed by atoms with van der Waals surface area (Å²) in [7, 11) is 0. The van der Waals surface area contributed by atoms with E-state index in [0.717, 1.165) is 18.3 Å². The van der Waals surface area contributed by atoms with Crippen molar-refractivity contribution >= 4 is 46.8 Å². The van der Waals surface area contributed by atoms with E-state index in [2.05, 4.69) is 20.9 Å². The zero-order chi connectivity index (χ0) is 30.9. The molecule has 1 aromatic heterocycles. The van der Waals surface area contributed by atoms with Crippen molar-refractivity contribution in [3.05, 3.63) is 35.4 Å². The second-order valence-corrected chi connectivity index (χ2v) is 13.9. The number of benzene rings is 1. The summed E-state index contributed by atoms with van der Waals surface area (Å²) in [5.41, 5.74) is -1.56. The lowest BCUT2D eigenvalue weighted by atomic mass is 9.81. The van der Waals surface area contributed by atoms with Crippen LogP contribution in [0.3, 0.4) is 0 Å². The van der Waals surface area contributed by atoms with Gasteiger partial charge in [0.05, 0.1) is 11.1 Å². The molecule has 42 heavy (non-hydrogen) atoms. The Morgan fingerprint density at radius 1 is 1.14 bits per heavy atom. The third-order valence-corrected chi connectivity index (χ3v) is 8.65. The molecule has 0 spiro atoms. The Hall–Kier alpha value is -3.26. The van der Waals surface area contributed by atoms with Gasteiger partial charge in [-0.2, -0.15) is 23.1 Å². The van der Waals surface area contributed by atoms with Crippen LogP contribution >= 0.6 is 0 Å². The zero-order valence-corrected chi connectivity index (χ0v) is 25.2. The number of halogens is 3. The van der Waals surface area contributed by atoms with Crippen LogP contribution in [0, 0.1) is 11.3 Å². The molecule has 10 nitrogen and oxygen atoms in total. The Balaban J connectivity index is 1.60. The molecule has 2 aliphatic rings. The summed E-state index contributed by atoms with van der Waals surface area (Å²) in [6.45, 7) is 10.2. The Labute approximate surface area is 246 Å². The molecule has 2 saturated heterocycles. The minimum Gasteiger partial charge on any atom is -0.616 e. The van der Waals surface area contributed by atoms with Gasteiger partial charge >= 0.3 is 12.3 Å². The number of nitrogens with one attached hydrogen (secondary N) is 4. The second-order valence-electron chi connectivity index (χ2n) is 12.2. The van der Waals surface area contributed by atoms with Crippen molar-refractivity contribution in [1.82, 2.24) is 15.3 Å². The fraction of sp³-hybridized carbons (Fsp3) is 0.571. The average Bonchev–Trinajstić information content (AvgIpc) is 2.82. The minimum atomic E-state index is -4.51. The summed E-state index contributed by atoms with van der Waals surface area (Å²) >= 11 is -0.854. The van der Waals surface area contributed by atoms with E-state index in [1.165, 1.54) is 12.1 Å². The summed E-state index contributed by atoms with van der Waals surface area (Å²) in [6, 6.07) is 4.77. The number of nitrogens with zero attached hydrogens (tertiary/aromatic N) is 3. The third-order valence-electron chi connectivity index (χ3n) is 7.27. The van der Waals surface area contributed by atoms with Crippen LogP contribution < -0.4 is 20.9 Å². The highest BCUT2D eigenvalue weighted by Crippen LogP contribution is 2.36. The number of hydrogen-bond acceptors (Lipinski definition) is 9. The Bertz CT molecular complexity index is 1290. The van der Waals surface area contributed by atoms with Crippen molar-refractivity contribution in [2.75, 3.05) is 40.1 Å². The van der Waals surface area contributed by atoms with E-state index >= 15 is 0 Å². The maximum atomic E-state index is 13.4. The molecule has 0 atom stereocenters. The van der Waals surface area contributed by atoms with Crippen LogP contribution in [0.2, 0.25) is 0 Å². The summed E-state index contributed by atoms with van der Waals surface area (Å²) in [5, 5.41) is 17.3. The predicted octanol–water partition coefficient (Wildman–Crippen LogP) is 5.30. The number of anilines is 4. The fourth-order valence-electron chi connectivity index (χ4n) is 4.80. The van der Waals surface area contributed by atoms with E-state index in [1.807, 2.05) is 18.7 Å². The first-order valence-corrected chi connectivity index (χ1v) is 15.3. The third kappa shape index (κ3) is 7.97. The maximum absolute atomic E-state index is 13.4. The quantitative estimate of drug-likeness (QED) is 0.234. The molecule has 2 aliphatic heterocycles. The van der Waals surface area contributed by atoms with Crippen molar-refractivity contribution in [3.8, 4) is 0 Å². The second kappa shape index (κ2) is 12.2. The Morgan fingerprint density at radius 2 is 1.81 bits per heavy atom. The molecule has 2 fully saturated rings. The van der Waals surface area contributed by atoms with E-state index in [-0.39, 0.29) is 29.4 Å². The maximum Gasteiger partial charge on any atom is 0.416 e. The highest BCUT2D eigenvalue weighted by Gasteiger charge is 2.42. The number of rotatable bonds is 8. The largest absolute Gasteiger partial charge is 0.616 e. The lowest BCUT2D eigenvalue weighted by Gasteiger charge is -2.48. The van der Waals surface area contributed by atoms with Gasteiger partial charge in [-0.1, -0.05) is 17.2 Å². The lowest BCUT2D eigenvalue weighted by molar-refractivity contribution is -0.137. The predicted molar refractivity (Wildman–Crippen MR) is 158 cm³/mol. The number of hydrogen-bond donors (Lipinski definition) is 4. The number of aromatic nitrogens is 2. The standard InChI is InChI=1S/C28H38F3N7O3S/c1-26(2,3)41-25(39)37-27(4,5)18-15-38(16-18)23-21(14-32)22(33-20-8-6-7-17(13-20)28(29,30)31)35-24(36-23)34-19-9-11-42(40)12-10-19/h6-8,13-14,18-19,32H,9-12,15-16H2,1-5H3,(H,37,39)(H2,33,34,35,36). The molecule has 0 aliphatic carbocycles. The van der Waals surface area contributed by atoms with E-state index in [1.54, 1.807) is 20.8 Å². The monoisotopic (exact) mass is 609 g/mol. The summed E-state index contributed by atoms with van der Waals surface area (Å²) in [5.74, 6) is 2.05. The SMILES string of the molecule is CC(C)(C)OC(=O)NC(C)(C)C1CN(c2nc(NC3CC[S+]([O-])CC3)nc(Nc3cccc(C(F)(F)F)c3)c2C=N)C1. The van der Waals surface area contributed by atoms with Gasteiger partial charge in [-0.15, -0.1) is 0 Å². The molecule has 3 heterocycles. The topological polar surface area (TPSA) is 138 Å². The molecular weight excluding hydrogens is 571 g/mol. The Kier molecular flexibility index (Phi) is 9.17. The van der Waals surface area contributed by atoms with Gasteiger partial charge in [0.2, 0.25) is 5.95 Å². The zero-order valence-electron chi connectivity index (χ0n) is 24.4. The van der Waals surface area contributed by atoms with Crippen molar-refractivity contribution in [2.45, 2.75) is 70.8 Å². The van der Waals surface area contributed by atoms with Gasteiger partial charge < -0.3 is 35.5 Å². The van der Waals surface area contributed by atoms with E-state index in [9.17, 15) is 22.5 Å². The molecule has 14 heteroatoms. The molecule has 1 aromatic carbocycles. The van der Waals surface area contributed by atoms with Gasteiger partial charge in [-0.05, 0) is 52.8 Å². The van der Waals surface area contributed by atoms with Gasteiger partial charge in [0.15, 0.2) is 0 Å². The fourth-order valence-corrected chi connectivity index (χ4v) is 6.10. The lowest BCUT2D eigenvalue weighted by Crippen LogP contribution is -2.62. The van der Waals surface area contributed by atoms with Gasteiger partial charge in [-0.3, -0.25) is 0 Å². The van der Waals surface area contributed by atoms with Crippen LogP contribution in [0.15, 0.2) is 24.3 Å². The van der Waals surface area contributed by atoms with Crippen LogP contribution in [0.4, 0.5) is 41.2 Å². The first kappa shape index (κ1) is 31.7. The molecule has 0 unspecified atom stereocenters. The molecule has 0 saturated carbocycles. The molecule has 0 bridgehead atoms.